The Morgan fingerprint density at radius 2 is 1.92 bits per heavy atom. The zero-order valence-electron chi connectivity index (χ0n) is 14.0. The minimum atomic E-state index is -0.254. The normalized spacial score (nSPS) is 14.6. The summed E-state index contributed by atoms with van der Waals surface area (Å²) in [6, 6.07) is 15.3. The van der Waals surface area contributed by atoms with E-state index in [1.807, 2.05) is 36.1 Å². The fraction of sp³-hybridized carbons (Fsp3) is 0.190. The molecule has 2 nitrogen and oxygen atoms in total. The average molecular weight is 351 g/mol. The summed E-state index contributed by atoms with van der Waals surface area (Å²) >= 11 is 1.39. The van der Waals surface area contributed by atoms with Gasteiger partial charge < -0.3 is 4.90 Å². The Labute approximate surface area is 150 Å². The molecule has 0 N–H and O–H groups in total. The van der Waals surface area contributed by atoms with Gasteiger partial charge in [0.2, 0.25) is 0 Å². The molecule has 0 spiro atoms. The Morgan fingerprint density at radius 1 is 1.12 bits per heavy atom. The van der Waals surface area contributed by atoms with E-state index >= 15 is 0 Å². The van der Waals surface area contributed by atoms with E-state index in [2.05, 4.69) is 18.2 Å². The lowest BCUT2D eigenvalue weighted by Crippen LogP contribution is -2.34. The summed E-state index contributed by atoms with van der Waals surface area (Å²) in [6.07, 6.45) is 2.97. The predicted molar refractivity (Wildman–Crippen MR) is 101 cm³/mol. The number of halogens is 1. The number of aryl methyl sites for hydroxylation is 1. The zero-order chi connectivity index (χ0) is 17.4. The largest absolute Gasteiger partial charge is 0.334 e. The van der Waals surface area contributed by atoms with Crippen LogP contribution in [0.25, 0.3) is 15.7 Å². The molecule has 0 bridgehead atoms. The van der Waals surface area contributed by atoms with Gasteiger partial charge in [-0.1, -0.05) is 42.5 Å². The van der Waals surface area contributed by atoms with Crippen LogP contribution < -0.4 is 0 Å². The molecule has 4 heteroatoms. The average Bonchev–Trinajstić information content (AvgIpc) is 3.00. The molecule has 1 aliphatic rings. The van der Waals surface area contributed by atoms with Crippen molar-refractivity contribution in [3.63, 3.8) is 0 Å². The van der Waals surface area contributed by atoms with Gasteiger partial charge in [0, 0.05) is 23.2 Å². The second-order valence-corrected chi connectivity index (χ2v) is 7.32. The lowest BCUT2D eigenvalue weighted by molar-refractivity contribution is 0.0777. The maximum atomic E-state index is 14.1. The summed E-state index contributed by atoms with van der Waals surface area (Å²) in [5, 5.41) is 0.577. The molecule has 4 rings (SSSR count). The van der Waals surface area contributed by atoms with Gasteiger partial charge in [-0.15, -0.1) is 11.3 Å². The van der Waals surface area contributed by atoms with Crippen LogP contribution in [0, 0.1) is 12.7 Å². The highest BCUT2D eigenvalue weighted by Crippen LogP contribution is 2.34. The Hall–Kier alpha value is -2.46. The van der Waals surface area contributed by atoms with Crippen LogP contribution in [0.3, 0.4) is 0 Å². The van der Waals surface area contributed by atoms with Gasteiger partial charge in [-0.25, -0.2) is 4.39 Å². The number of hydrogen-bond acceptors (Lipinski definition) is 2. The van der Waals surface area contributed by atoms with Crippen LogP contribution in [-0.2, 0) is 0 Å². The number of amides is 1. The molecule has 25 heavy (non-hydrogen) atoms. The van der Waals surface area contributed by atoms with Crippen LogP contribution in [-0.4, -0.2) is 23.9 Å². The summed E-state index contributed by atoms with van der Waals surface area (Å²) < 4.78 is 14.9. The van der Waals surface area contributed by atoms with Crippen molar-refractivity contribution in [2.45, 2.75) is 13.3 Å². The first-order valence-electron chi connectivity index (χ1n) is 8.36. The third-order valence-corrected chi connectivity index (χ3v) is 5.98. The van der Waals surface area contributed by atoms with Gasteiger partial charge in [0.1, 0.15) is 5.82 Å². The zero-order valence-corrected chi connectivity index (χ0v) is 14.8. The first-order chi connectivity index (χ1) is 12.1. The summed E-state index contributed by atoms with van der Waals surface area (Å²) in [5.41, 5.74) is 3.25. The van der Waals surface area contributed by atoms with Gasteiger partial charge in [0.15, 0.2) is 0 Å². The molecular formula is C21H18FNOS. The minimum absolute atomic E-state index is 0.00135. The highest BCUT2D eigenvalue weighted by Gasteiger charge is 2.24. The van der Waals surface area contributed by atoms with E-state index in [0.717, 1.165) is 16.7 Å². The fourth-order valence-electron chi connectivity index (χ4n) is 3.37. The Kier molecular flexibility index (Phi) is 4.14. The van der Waals surface area contributed by atoms with Crippen LogP contribution >= 0.6 is 11.3 Å². The smallest absolute Gasteiger partial charge is 0.264 e. The molecule has 0 saturated carbocycles. The van der Waals surface area contributed by atoms with E-state index in [1.165, 1.54) is 28.5 Å². The first-order valence-corrected chi connectivity index (χ1v) is 9.18. The molecule has 0 saturated heterocycles. The van der Waals surface area contributed by atoms with E-state index in [9.17, 15) is 9.18 Å². The van der Waals surface area contributed by atoms with Gasteiger partial charge in [-0.3, -0.25) is 4.79 Å². The lowest BCUT2D eigenvalue weighted by atomic mass is 9.99. The highest BCUT2D eigenvalue weighted by atomic mass is 32.1. The summed E-state index contributed by atoms with van der Waals surface area (Å²) in [4.78, 5) is 15.4. The number of carbonyl (C=O) groups is 1. The molecule has 1 aromatic heterocycles. The number of thiophene rings is 1. The van der Waals surface area contributed by atoms with Crippen LogP contribution in [0.4, 0.5) is 4.39 Å². The third-order valence-electron chi connectivity index (χ3n) is 4.74. The first kappa shape index (κ1) is 16.0. The minimum Gasteiger partial charge on any atom is -0.334 e. The van der Waals surface area contributed by atoms with Crippen LogP contribution in [0.2, 0.25) is 0 Å². The number of carbonyl (C=O) groups excluding carboxylic acids is 1. The fourth-order valence-corrected chi connectivity index (χ4v) is 4.56. The number of rotatable bonds is 2. The SMILES string of the molecule is Cc1c(C(=O)N2CC=C(c3ccccc3)CC2)sc2cccc(F)c12. The predicted octanol–water partition coefficient (Wildman–Crippen LogP) is 5.28. The van der Waals surface area contributed by atoms with E-state index in [-0.39, 0.29) is 11.7 Å². The molecule has 0 radical (unpaired) electrons. The molecule has 0 atom stereocenters. The van der Waals surface area contributed by atoms with Gasteiger partial charge >= 0.3 is 0 Å². The second kappa shape index (κ2) is 6.45. The molecule has 3 aromatic rings. The molecule has 1 aliphatic heterocycles. The molecule has 2 aromatic carbocycles. The van der Waals surface area contributed by atoms with Crippen molar-refractivity contribution < 1.29 is 9.18 Å². The van der Waals surface area contributed by atoms with Gasteiger partial charge in [-0.2, -0.15) is 0 Å². The van der Waals surface area contributed by atoms with Crippen molar-refractivity contribution in [1.82, 2.24) is 4.90 Å². The Morgan fingerprint density at radius 3 is 2.60 bits per heavy atom. The van der Waals surface area contributed by atoms with E-state index in [1.54, 1.807) is 6.07 Å². The summed E-state index contributed by atoms with van der Waals surface area (Å²) in [7, 11) is 0. The van der Waals surface area contributed by atoms with Crippen molar-refractivity contribution in [3.05, 3.63) is 76.4 Å². The molecule has 126 valence electrons. The maximum Gasteiger partial charge on any atom is 0.264 e. The quantitative estimate of drug-likeness (QED) is 0.615. The van der Waals surface area contributed by atoms with Gasteiger partial charge in [0.05, 0.1) is 4.88 Å². The number of fused-ring (bicyclic) bond motifs is 1. The number of nitrogens with zero attached hydrogens (tertiary/aromatic N) is 1. The van der Waals surface area contributed by atoms with Gasteiger partial charge in [-0.05, 0) is 42.2 Å². The number of benzene rings is 2. The second-order valence-electron chi connectivity index (χ2n) is 6.27. The Bertz CT molecular complexity index is 974. The van der Waals surface area contributed by atoms with Crippen molar-refractivity contribution in [3.8, 4) is 0 Å². The van der Waals surface area contributed by atoms with E-state index < -0.39 is 0 Å². The topological polar surface area (TPSA) is 20.3 Å². The standard InChI is InChI=1S/C21H18FNOS/c1-14-19-17(22)8-5-9-18(19)25-20(14)21(24)23-12-10-16(11-13-23)15-6-3-2-4-7-15/h2-10H,11-13H2,1H3. The van der Waals surface area contributed by atoms with Crippen LogP contribution in [0.15, 0.2) is 54.6 Å². The van der Waals surface area contributed by atoms with Crippen molar-refractivity contribution in [1.29, 1.82) is 0 Å². The monoisotopic (exact) mass is 351 g/mol. The van der Waals surface area contributed by atoms with E-state index in [4.69, 9.17) is 0 Å². The summed E-state index contributed by atoms with van der Waals surface area (Å²) in [5.74, 6) is -0.253. The van der Waals surface area contributed by atoms with Crippen LogP contribution in [0.1, 0.15) is 27.2 Å². The highest BCUT2D eigenvalue weighted by molar-refractivity contribution is 7.21. The lowest BCUT2D eigenvalue weighted by Gasteiger charge is -2.26. The molecule has 0 unspecified atom stereocenters. The van der Waals surface area contributed by atoms with Crippen molar-refractivity contribution in [2.24, 2.45) is 0 Å². The number of hydrogen-bond donors (Lipinski definition) is 0. The molecule has 1 amide bonds. The molecule has 0 aliphatic carbocycles. The van der Waals surface area contributed by atoms with Crippen molar-refractivity contribution >= 4 is 32.9 Å². The molecule has 0 fully saturated rings. The van der Waals surface area contributed by atoms with Gasteiger partial charge in [0.25, 0.3) is 5.91 Å². The third kappa shape index (κ3) is 2.87. The van der Waals surface area contributed by atoms with Crippen LogP contribution in [0.5, 0.6) is 0 Å². The van der Waals surface area contributed by atoms with E-state index in [0.29, 0.717) is 23.4 Å². The molecular weight excluding hydrogens is 333 g/mol. The Balaban J connectivity index is 1.60. The summed E-state index contributed by atoms with van der Waals surface area (Å²) in [6.45, 7) is 3.12. The molecule has 2 heterocycles. The maximum absolute atomic E-state index is 14.1. The van der Waals surface area contributed by atoms with Crippen molar-refractivity contribution in [2.75, 3.05) is 13.1 Å².